The normalized spacial score (nSPS) is 10.4. The molecule has 18 heavy (non-hydrogen) atoms. The summed E-state index contributed by atoms with van der Waals surface area (Å²) in [5.74, 6) is 0.167. The second-order valence-corrected chi connectivity index (χ2v) is 4.31. The minimum atomic E-state index is -0.454. The maximum atomic E-state index is 13.0. The van der Waals surface area contributed by atoms with Crippen LogP contribution in [-0.4, -0.2) is 9.97 Å². The highest BCUT2D eigenvalue weighted by Gasteiger charge is 2.06. The number of nitrogens with two attached hydrogens (primary N) is 1. The first-order valence-corrected chi connectivity index (χ1v) is 5.77. The molecule has 2 aromatic rings. The first-order chi connectivity index (χ1) is 8.58. The Kier molecular flexibility index (Phi) is 3.84. The van der Waals surface area contributed by atoms with Gasteiger partial charge in [-0.3, -0.25) is 0 Å². The second-order valence-electron chi connectivity index (χ2n) is 3.52. The van der Waals surface area contributed by atoms with Gasteiger partial charge in [0.25, 0.3) is 0 Å². The van der Waals surface area contributed by atoms with Gasteiger partial charge in [0.2, 0.25) is 0 Å². The van der Waals surface area contributed by atoms with Gasteiger partial charge in [0.05, 0.1) is 5.02 Å². The van der Waals surface area contributed by atoms with Crippen LogP contribution < -0.4 is 11.1 Å². The monoisotopic (exact) mass is 286 g/mol. The number of anilines is 2. The van der Waals surface area contributed by atoms with E-state index in [1.165, 1.54) is 18.5 Å². The van der Waals surface area contributed by atoms with E-state index in [9.17, 15) is 4.39 Å². The van der Waals surface area contributed by atoms with E-state index in [0.29, 0.717) is 12.4 Å². The molecule has 0 unspecified atom stereocenters. The summed E-state index contributed by atoms with van der Waals surface area (Å²) >= 11 is 11.6. The number of nitrogen functional groups attached to an aromatic ring is 1. The van der Waals surface area contributed by atoms with Gasteiger partial charge < -0.3 is 11.1 Å². The quantitative estimate of drug-likeness (QED) is 0.910. The number of benzene rings is 1. The van der Waals surface area contributed by atoms with Crippen LogP contribution in [0.4, 0.5) is 16.0 Å². The maximum Gasteiger partial charge on any atom is 0.150 e. The minimum Gasteiger partial charge on any atom is -0.382 e. The molecule has 94 valence electrons. The molecule has 0 saturated carbocycles. The van der Waals surface area contributed by atoms with Crippen molar-refractivity contribution in [2.75, 3.05) is 11.1 Å². The number of hydrogen-bond acceptors (Lipinski definition) is 4. The zero-order chi connectivity index (χ0) is 13.1. The Morgan fingerprint density at radius 1 is 1.28 bits per heavy atom. The summed E-state index contributed by atoms with van der Waals surface area (Å²) in [6.07, 6.45) is 1.31. The lowest BCUT2D eigenvalue weighted by Crippen LogP contribution is -2.04. The lowest BCUT2D eigenvalue weighted by molar-refractivity contribution is 0.627. The molecule has 0 amide bonds. The van der Waals surface area contributed by atoms with Crippen LogP contribution in [-0.2, 0) is 6.54 Å². The van der Waals surface area contributed by atoms with Crippen LogP contribution in [0.5, 0.6) is 0 Å². The van der Waals surface area contributed by atoms with E-state index in [1.54, 1.807) is 6.07 Å². The van der Waals surface area contributed by atoms with Gasteiger partial charge in [-0.1, -0.05) is 29.3 Å². The summed E-state index contributed by atoms with van der Waals surface area (Å²) in [7, 11) is 0. The molecule has 0 atom stereocenters. The summed E-state index contributed by atoms with van der Waals surface area (Å²) in [4.78, 5) is 7.70. The number of rotatable bonds is 3. The fraction of sp³-hybridized carbons (Fsp3) is 0.0909. The molecule has 0 fully saturated rings. The molecule has 1 heterocycles. The number of halogens is 3. The van der Waals surface area contributed by atoms with Gasteiger partial charge >= 0.3 is 0 Å². The van der Waals surface area contributed by atoms with Crippen LogP contribution in [0, 0.1) is 5.82 Å². The Bertz CT molecular complexity index is 577. The average Bonchev–Trinajstić information content (AvgIpc) is 2.35. The van der Waals surface area contributed by atoms with E-state index in [-0.39, 0.29) is 15.9 Å². The molecule has 1 aromatic carbocycles. The van der Waals surface area contributed by atoms with E-state index in [1.807, 2.05) is 0 Å². The molecule has 1 aromatic heterocycles. The lowest BCUT2D eigenvalue weighted by Gasteiger charge is -2.08. The van der Waals surface area contributed by atoms with E-state index in [0.717, 1.165) is 5.56 Å². The Morgan fingerprint density at radius 2 is 2.06 bits per heavy atom. The molecule has 7 heteroatoms. The number of hydrogen-bond donors (Lipinski definition) is 2. The lowest BCUT2D eigenvalue weighted by atomic mass is 10.2. The fourth-order valence-electron chi connectivity index (χ4n) is 1.34. The molecule has 2 rings (SSSR count). The third-order valence-electron chi connectivity index (χ3n) is 2.26. The molecular weight excluding hydrogens is 278 g/mol. The van der Waals surface area contributed by atoms with E-state index >= 15 is 0 Å². The Hall–Kier alpha value is -1.59. The molecule has 0 aliphatic heterocycles. The van der Waals surface area contributed by atoms with E-state index in [4.69, 9.17) is 28.9 Å². The summed E-state index contributed by atoms with van der Waals surface area (Å²) in [5, 5.41) is 3.30. The van der Waals surface area contributed by atoms with Crippen molar-refractivity contribution in [1.82, 2.24) is 9.97 Å². The van der Waals surface area contributed by atoms with E-state index in [2.05, 4.69) is 15.3 Å². The molecule has 0 aliphatic carbocycles. The topological polar surface area (TPSA) is 63.8 Å². The van der Waals surface area contributed by atoms with Crippen molar-refractivity contribution in [3.8, 4) is 0 Å². The van der Waals surface area contributed by atoms with Crippen molar-refractivity contribution in [1.29, 1.82) is 0 Å². The maximum absolute atomic E-state index is 13.0. The fourth-order valence-corrected chi connectivity index (χ4v) is 1.71. The molecule has 0 spiro atoms. The van der Waals surface area contributed by atoms with Gasteiger partial charge in [0.1, 0.15) is 23.0 Å². The molecule has 0 aliphatic rings. The standard InChI is InChI=1S/C11H9Cl2FN4/c12-7-3-6(1-2-8(7)14)4-16-11-9(13)10(15)17-5-18-11/h1-3,5H,4H2,(H3,15,16,17,18). The SMILES string of the molecule is Nc1ncnc(NCc2ccc(F)c(Cl)c2)c1Cl. The molecule has 0 saturated heterocycles. The zero-order valence-corrected chi connectivity index (χ0v) is 10.6. The predicted molar refractivity (Wildman–Crippen MR) is 70.2 cm³/mol. The number of nitrogens with zero attached hydrogens (tertiary/aromatic N) is 2. The predicted octanol–water partition coefficient (Wildman–Crippen LogP) is 3.12. The second kappa shape index (κ2) is 5.37. The third kappa shape index (κ3) is 2.80. The summed E-state index contributed by atoms with van der Waals surface area (Å²) in [5.41, 5.74) is 6.34. The minimum absolute atomic E-state index is 0.0719. The highest BCUT2D eigenvalue weighted by Crippen LogP contribution is 2.24. The van der Waals surface area contributed by atoms with Crippen LogP contribution in [0.25, 0.3) is 0 Å². The Labute approximate surface area is 113 Å². The molecule has 4 nitrogen and oxygen atoms in total. The largest absolute Gasteiger partial charge is 0.382 e. The van der Waals surface area contributed by atoms with Crippen LogP contribution in [0.3, 0.4) is 0 Å². The van der Waals surface area contributed by atoms with Crippen LogP contribution in [0.1, 0.15) is 5.56 Å². The molecular formula is C11H9Cl2FN4. The van der Waals surface area contributed by atoms with Gasteiger partial charge in [-0.05, 0) is 17.7 Å². The third-order valence-corrected chi connectivity index (χ3v) is 2.92. The van der Waals surface area contributed by atoms with Gasteiger partial charge in [-0.2, -0.15) is 0 Å². The Morgan fingerprint density at radius 3 is 2.78 bits per heavy atom. The summed E-state index contributed by atoms with van der Waals surface area (Å²) in [6.45, 7) is 0.399. The summed E-state index contributed by atoms with van der Waals surface area (Å²) < 4.78 is 13.0. The zero-order valence-electron chi connectivity index (χ0n) is 9.12. The van der Waals surface area contributed by atoms with Gasteiger partial charge in [0, 0.05) is 6.54 Å². The van der Waals surface area contributed by atoms with Crippen molar-refractivity contribution in [3.63, 3.8) is 0 Å². The van der Waals surface area contributed by atoms with Crippen molar-refractivity contribution < 1.29 is 4.39 Å². The van der Waals surface area contributed by atoms with Crippen molar-refractivity contribution >= 4 is 34.8 Å². The van der Waals surface area contributed by atoms with Crippen LogP contribution in [0.15, 0.2) is 24.5 Å². The van der Waals surface area contributed by atoms with Crippen molar-refractivity contribution in [3.05, 3.63) is 46.0 Å². The molecule has 0 bridgehead atoms. The highest BCUT2D eigenvalue weighted by molar-refractivity contribution is 6.35. The van der Waals surface area contributed by atoms with Crippen LogP contribution in [0.2, 0.25) is 10.0 Å². The summed E-state index contributed by atoms with van der Waals surface area (Å²) in [6, 6.07) is 4.45. The number of nitrogens with one attached hydrogen (secondary N) is 1. The van der Waals surface area contributed by atoms with Gasteiger partial charge in [-0.15, -0.1) is 0 Å². The Balaban J connectivity index is 2.11. The smallest absolute Gasteiger partial charge is 0.150 e. The van der Waals surface area contributed by atoms with Crippen molar-refractivity contribution in [2.45, 2.75) is 6.54 Å². The van der Waals surface area contributed by atoms with Gasteiger partial charge in [-0.25, -0.2) is 14.4 Å². The average molecular weight is 287 g/mol. The van der Waals surface area contributed by atoms with Crippen LogP contribution >= 0.6 is 23.2 Å². The first kappa shape index (κ1) is 12.9. The highest BCUT2D eigenvalue weighted by atomic mass is 35.5. The molecule has 0 radical (unpaired) electrons. The number of aromatic nitrogens is 2. The first-order valence-electron chi connectivity index (χ1n) is 5.01. The molecule has 3 N–H and O–H groups in total. The van der Waals surface area contributed by atoms with Gasteiger partial charge in [0.15, 0.2) is 5.82 Å². The van der Waals surface area contributed by atoms with E-state index < -0.39 is 5.82 Å². The van der Waals surface area contributed by atoms with Crippen molar-refractivity contribution in [2.24, 2.45) is 0 Å².